The van der Waals surface area contributed by atoms with Crippen LogP contribution in [0.2, 0.25) is 6.32 Å². The van der Waals surface area contributed by atoms with Gasteiger partial charge in [-0.25, -0.2) is 0 Å². The van der Waals surface area contributed by atoms with E-state index in [-0.39, 0.29) is 6.61 Å². The summed E-state index contributed by atoms with van der Waals surface area (Å²) in [5.41, 5.74) is 0. The van der Waals surface area contributed by atoms with Crippen molar-refractivity contribution < 1.29 is 9.84 Å². The Morgan fingerprint density at radius 2 is 2.33 bits per heavy atom. The van der Waals surface area contributed by atoms with Gasteiger partial charge in [0.25, 0.3) is 0 Å². The monoisotopic (exact) mass is 170 g/mol. The van der Waals surface area contributed by atoms with Crippen molar-refractivity contribution >= 4 is 7.85 Å². The Morgan fingerprint density at radius 3 is 2.92 bits per heavy atom. The maximum Gasteiger partial charge on any atom is 0.101 e. The van der Waals surface area contributed by atoms with E-state index in [0.29, 0.717) is 11.8 Å². The highest BCUT2D eigenvalue weighted by molar-refractivity contribution is 6.08. The van der Waals surface area contributed by atoms with Crippen LogP contribution in [0.3, 0.4) is 0 Å². The lowest BCUT2D eigenvalue weighted by atomic mass is 9.78. The molecule has 1 N–H and O–H groups in total. The van der Waals surface area contributed by atoms with E-state index >= 15 is 0 Å². The molecule has 0 spiro atoms. The predicted octanol–water partition coefficient (Wildman–Crippen LogP) is 0.319. The van der Waals surface area contributed by atoms with Gasteiger partial charge < -0.3 is 9.84 Å². The molecule has 0 aromatic rings. The zero-order valence-corrected chi connectivity index (χ0v) is 8.12. The third-order valence-corrected chi connectivity index (χ3v) is 3.03. The third kappa shape index (κ3) is 2.49. The fraction of sp³-hybridized carbons (Fsp3) is 1.00. The molecule has 0 aromatic heterocycles. The molecule has 0 bridgehead atoms. The Hall–Kier alpha value is -0.0151. The summed E-state index contributed by atoms with van der Waals surface area (Å²) in [5, 5.41) is 8.98. The first kappa shape index (κ1) is 10.1. The Labute approximate surface area is 75.7 Å². The van der Waals surface area contributed by atoms with E-state index in [4.69, 9.17) is 9.84 Å². The van der Waals surface area contributed by atoms with Gasteiger partial charge in [-0.2, -0.15) is 0 Å². The number of aliphatic hydroxyl groups excluding tert-OH is 1. The highest BCUT2D eigenvalue weighted by Crippen LogP contribution is 2.27. The number of ether oxygens (including phenoxy) is 1. The van der Waals surface area contributed by atoms with Gasteiger partial charge in [0.1, 0.15) is 7.85 Å². The second-order valence-electron chi connectivity index (χ2n) is 3.97. The zero-order valence-electron chi connectivity index (χ0n) is 8.12. The molecule has 70 valence electrons. The molecule has 3 atom stereocenters. The quantitative estimate of drug-likeness (QED) is 0.618. The van der Waals surface area contributed by atoms with Gasteiger partial charge >= 0.3 is 0 Å². The minimum absolute atomic E-state index is 0.285. The summed E-state index contributed by atoms with van der Waals surface area (Å²) in [7, 11) is 2.22. The van der Waals surface area contributed by atoms with E-state index in [1.165, 1.54) is 6.32 Å². The average Bonchev–Trinajstić information content (AvgIpc) is 2.17. The first-order valence-electron chi connectivity index (χ1n) is 4.96. The van der Waals surface area contributed by atoms with E-state index in [1.54, 1.807) is 0 Å². The molecule has 1 saturated heterocycles. The maximum absolute atomic E-state index is 8.98. The fourth-order valence-corrected chi connectivity index (χ4v) is 1.81. The lowest BCUT2D eigenvalue weighted by Crippen LogP contribution is -2.31. The predicted molar refractivity (Wildman–Crippen MR) is 52.0 cm³/mol. The van der Waals surface area contributed by atoms with E-state index in [9.17, 15) is 0 Å². The number of hydrogen-bond donors (Lipinski definition) is 1. The molecule has 0 radical (unpaired) electrons. The SMILES string of the molecule is BCC(C)C1COCC(CO)C1. The van der Waals surface area contributed by atoms with E-state index in [2.05, 4.69) is 14.8 Å². The Morgan fingerprint density at radius 1 is 1.58 bits per heavy atom. The van der Waals surface area contributed by atoms with Crippen LogP contribution in [0.1, 0.15) is 13.3 Å². The molecule has 3 unspecified atom stereocenters. The van der Waals surface area contributed by atoms with Gasteiger partial charge in [0, 0.05) is 19.1 Å². The second-order valence-corrected chi connectivity index (χ2v) is 3.97. The molecular formula is C9H19BO2. The van der Waals surface area contributed by atoms with Crippen LogP contribution in [0.15, 0.2) is 0 Å². The maximum atomic E-state index is 8.98. The van der Waals surface area contributed by atoms with Crippen LogP contribution < -0.4 is 0 Å². The fourth-order valence-electron chi connectivity index (χ4n) is 1.81. The second kappa shape index (κ2) is 4.88. The van der Waals surface area contributed by atoms with Crippen molar-refractivity contribution in [2.75, 3.05) is 19.8 Å². The molecule has 3 heteroatoms. The van der Waals surface area contributed by atoms with E-state index < -0.39 is 0 Å². The molecule has 0 saturated carbocycles. The van der Waals surface area contributed by atoms with Crippen LogP contribution in [-0.2, 0) is 4.74 Å². The van der Waals surface area contributed by atoms with Crippen molar-refractivity contribution in [1.82, 2.24) is 0 Å². The molecule has 0 aliphatic carbocycles. The molecular weight excluding hydrogens is 151 g/mol. The minimum atomic E-state index is 0.285. The summed E-state index contributed by atoms with van der Waals surface area (Å²) in [4.78, 5) is 0. The number of hydrogen-bond acceptors (Lipinski definition) is 2. The van der Waals surface area contributed by atoms with Gasteiger partial charge in [0.05, 0.1) is 6.61 Å². The van der Waals surface area contributed by atoms with Crippen molar-refractivity contribution in [3.05, 3.63) is 0 Å². The summed E-state index contributed by atoms with van der Waals surface area (Å²) in [6, 6.07) is 0. The Bertz CT molecular complexity index is 128. The van der Waals surface area contributed by atoms with Gasteiger partial charge in [-0.1, -0.05) is 13.2 Å². The minimum Gasteiger partial charge on any atom is -0.396 e. The summed E-state index contributed by atoms with van der Waals surface area (Å²) in [6.45, 7) is 4.20. The number of rotatable bonds is 3. The van der Waals surface area contributed by atoms with Crippen molar-refractivity contribution in [1.29, 1.82) is 0 Å². The highest BCUT2D eigenvalue weighted by atomic mass is 16.5. The van der Waals surface area contributed by atoms with Gasteiger partial charge in [0.15, 0.2) is 0 Å². The summed E-state index contributed by atoms with van der Waals surface area (Å²) in [6.07, 6.45) is 2.36. The van der Waals surface area contributed by atoms with Gasteiger partial charge in [0.2, 0.25) is 0 Å². The van der Waals surface area contributed by atoms with Crippen LogP contribution in [0, 0.1) is 17.8 Å². The molecule has 0 aromatic carbocycles. The van der Waals surface area contributed by atoms with Crippen molar-refractivity contribution in [3.8, 4) is 0 Å². The van der Waals surface area contributed by atoms with Crippen molar-refractivity contribution in [3.63, 3.8) is 0 Å². The molecule has 1 heterocycles. The van der Waals surface area contributed by atoms with Crippen molar-refractivity contribution in [2.45, 2.75) is 19.7 Å². The zero-order chi connectivity index (χ0) is 8.97. The number of aliphatic hydroxyl groups is 1. The Kier molecular flexibility index (Phi) is 4.09. The highest BCUT2D eigenvalue weighted by Gasteiger charge is 2.25. The van der Waals surface area contributed by atoms with E-state index in [1.807, 2.05) is 0 Å². The van der Waals surface area contributed by atoms with Crippen molar-refractivity contribution in [2.24, 2.45) is 17.8 Å². The summed E-state index contributed by atoms with van der Waals surface area (Å²) in [5.74, 6) is 1.79. The lowest BCUT2D eigenvalue weighted by molar-refractivity contribution is -0.0177. The van der Waals surface area contributed by atoms with Crippen LogP contribution in [0.25, 0.3) is 0 Å². The van der Waals surface area contributed by atoms with Gasteiger partial charge in [-0.3, -0.25) is 0 Å². The molecule has 1 fully saturated rings. The topological polar surface area (TPSA) is 29.5 Å². The average molecular weight is 170 g/mol. The normalized spacial score (nSPS) is 33.2. The van der Waals surface area contributed by atoms with E-state index in [0.717, 1.165) is 25.6 Å². The molecule has 2 nitrogen and oxygen atoms in total. The van der Waals surface area contributed by atoms with Crippen LogP contribution in [-0.4, -0.2) is 32.8 Å². The summed E-state index contributed by atoms with van der Waals surface area (Å²) < 4.78 is 5.45. The largest absolute Gasteiger partial charge is 0.396 e. The van der Waals surface area contributed by atoms with Crippen LogP contribution in [0.4, 0.5) is 0 Å². The standard InChI is InChI=1S/C9H19BO2/c1-7(3-10)9-2-8(4-11)5-12-6-9/h7-9,11H,2-6,10H2,1H3. The van der Waals surface area contributed by atoms with Gasteiger partial charge in [-0.05, 0) is 18.3 Å². The van der Waals surface area contributed by atoms with Crippen LogP contribution in [0.5, 0.6) is 0 Å². The Balaban J connectivity index is 2.34. The third-order valence-electron chi connectivity index (χ3n) is 3.03. The first-order valence-corrected chi connectivity index (χ1v) is 4.96. The smallest absolute Gasteiger partial charge is 0.101 e. The van der Waals surface area contributed by atoms with Crippen LogP contribution >= 0.6 is 0 Å². The molecule has 1 aliphatic heterocycles. The first-order chi connectivity index (χ1) is 5.77. The lowest BCUT2D eigenvalue weighted by Gasteiger charge is -2.31. The molecule has 1 aliphatic rings. The molecule has 12 heavy (non-hydrogen) atoms. The molecule has 1 rings (SSSR count). The van der Waals surface area contributed by atoms with Gasteiger partial charge in [-0.15, -0.1) is 0 Å². The summed E-state index contributed by atoms with van der Waals surface area (Å²) >= 11 is 0. The molecule has 0 amide bonds.